The molecule has 2 aromatic rings. The van der Waals surface area contributed by atoms with Crippen LogP contribution in [0.15, 0.2) is 42.5 Å². The maximum absolute atomic E-state index is 12.9. The Morgan fingerprint density at radius 2 is 1.52 bits per heavy atom. The minimum atomic E-state index is -0.826. The Kier molecular flexibility index (Phi) is 5.72. The van der Waals surface area contributed by atoms with Crippen LogP contribution in [0.4, 0.5) is 0 Å². The van der Waals surface area contributed by atoms with Crippen molar-refractivity contribution in [2.45, 2.75) is 5.66 Å². The molecule has 1 unspecified atom stereocenters. The third-order valence-electron chi connectivity index (χ3n) is 3.43. The molecule has 0 aliphatic heterocycles. The summed E-state index contributed by atoms with van der Waals surface area (Å²) in [6, 6.07) is 12.1. The van der Waals surface area contributed by atoms with Crippen LogP contribution in [-0.4, -0.2) is 27.1 Å². The molecule has 1 atom stereocenters. The number of methoxy groups -OCH3 is 3. The fraction of sp³-hybridized carbons (Fsp3) is 0.235. The van der Waals surface area contributed by atoms with Gasteiger partial charge >= 0.3 is 0 Å². The number of rotatable bonds is 7. The number of hydrogen-bond acceptors (Lipinski definition) is 5. The fourth-order valence-electron chi connectivity index (χ4n) is 2.28. The van der Waals surface area contributed by atoms with E-state index in [9.17, 15) is 9.36 Å². The van der Waals surface area contributed by atoms with E-state index in [0.29, 0.717) is 22.8 Å². The van der Waals surface area contributed by atoms with Crippen LogP contribution in [0.25, 0.3) is 0 Å². The molecule has 0 heterocycles. The first kappa shape index (κ1) is 17.0. The molecular weight excluding hydrogens is 315 g/mol. The first-order chi connectivity index (χ1) is 11.2. The van der Waals surface area contributed by atoms with Gasteiger partial charge in [0.1, 0.15) is 28.5 Å². The highest BCUT2D eigenvalue weighted by Gasteiger charge is 2.29. The van der Waals surface area contributed by atoms with Crippen LogP contribution in [0.3, 0.4) is 0 Å². The van der Waals surface area contributed by atoms with Crippen molar-refractivity contribution in [1.82, 2.24) is 0 Å². The summed E-state index contributed by atoms with van der Waals surface area (Å²) in [4.78, 5) is 12.9. The molecule has 0 fully saturated rings. The predicted molar refractivity (Wildman–Crippen MR) is 87.2 cm³/mol. The zero-order chi connectivity index (χ0) is 16.8. The van der Waals surface area contributed by atoms with Gasteiger partial charge in [-0.25, -0.2) is 0 Å². The van der Waals surface area contributed by atoms with Gasteiger partial charge in [0.25, 0.3) is 0 Å². The van der Waals surface area contributed by atoms with Gasteiger partial charge in [0.05, 0.1) is 21.3 Å². The van der Waals surface area contributed by atoms with Crippen molar-refractivity contribution in [3.05, 3.63) is 53.6 Å². The van der Waals surface area contributed by atoms with E-state index in [1.165, 1.54) is 21.3 Å². The summed E-state index contributed by atoms with van der Waals surface area (Å²) in [7, 11) is 4.13. The average molecular weight is 332 g/mol. The predicted octanol–water partition coefficient (Wildman–Crippen LogP) is 3.93. The maximum Gasteiger partial charge on any atom is 0.189 e. The molecular formula is C17H17O5P. The number of hydrogen-bond donors (Lipinski definition) is 0. The zero-order valence-electron chi connectivity index (χ0n) is 13.1. The molecule has 0 spiro atoms. The lowest BCUT2D eigenvalue weighted by atomic mass is 10.0. The number of Topliss-reactive ketones (excluding diaryl/α,β-unsaturated/α-hetero) is 1. The summed E-state index contributed by atoms with van der Waals surface area (Å²) in [6.07, 6.45) is 0. The van der Waals surface area contributed by atoms with E-state index in [4.69, 9.17) is 14.2 Å². The Bertz CT molecular complexity index is 674. The van der Waals surface area contributed by atoms with Crippen LogP contribution in [0.1, 0.15) is 21.6 Å². The smallest absolute Gasteiger partial charge is 0.189 e. The Morgan fingerprint density at radius 3 is 1.96 bits per heavy atom. The number of ether oxygens (including phenoxy) is 3. The standard InChI is InChI=1S/C17H17O5P/c1-20-12-9-13(21-2)15(14(10-12)22-3)16(18)17(23-19)11-7-5-4-6-8-11/h4-10,17H,1-3H3. The van der Waals surface area contributed by atoms with Crippen molar-refractivity contribution < 1.29 is 23.6 Å². The SMILES string of the molecule is COc1cc(OC)c(C(=O)C(P=O)c2ccccc2)c(OC)c1. The maximum atomic E-state index is 12.9. The van der Waals surface area contributed by atoms with Crippen molar-refractivity contribution in [3.8, 4) is 17.2 Å². The number of ketones is 1. The Morgan fingerprint density at radius 1 is 0.957 bits per heavy atom. The number of carbonyl (C=O) groups excluding carboxylic acids is 1. The Hall–Kier alpha value is -2.39. The largest absolute Gasteiger partial charge is 0.496 e. The molecule has 2 aromatic carbocycles. The van der Waals surface area contributed by atoms with Gasteiger partial charge in [0.2, 0.25) is 0 Å². The van der Waals surface area contributed by atoms with Crippen molar-refractivity contribution >= 4 is 14.2 Å². The van der Waals surface area contributed by atoms with E-state index >= 15 is 0 Å². The fourth-order valence-corrected chi connectivity index (χ4v) is 2.80. The van der Waals surface area contributed by atoms with Gasteiger partial charge < -0.3 is 14.2 Å². The molecule has 0 bridgehead atoms. The van der Waals surface area contributed by atoms with E-state index in [2.05, 4.69) is 0 Å². The first-order valence-corrected chi connectivity index (χ1v) is 7.76. The molecule has 6 heteroatoms. The molecule has 0 aliphatic carbocycles. The van der Waals surface area contributed by atoms with Gasteiger partial charge in [-0.3, -0.25) is 9.36 Å². The van der Waals surface area contributed by atoms with Gasteiger partial charge in [-0.2, -0.15) is 0 Å². The van der Waals surface area contributed by atoms with Gasteiger partial charge in [-0.05, 0) is 5.56 Å². The topological polar surface area (TPSA) is 61.8 Å². The van der Waals surface area contributed by atoms with E-state index in [1.807, 2.05) is 6.07 Å². The lowest BCUT2D eigenvalue weighted by molar-refractivity contribution is 0.0981. The van der Waals surface area contributed by atoms with Gasteiger partial charge in [0, 0.05) is 12.1 Å². The van der Waals surface area contributed by atoms with Crippen LogP contribution in [0.5, 0.6) is 17.2 Å². The van der Waals surface area contributed by atoms with Crippen LogP contribution in [0, 0.1) is 0 Å². The van der Waals surface area contributed by atoms with Crippen molar-refractivity contribution in [1.29, 1.82) is 0 Å². The van der Waals surface area contributed by atoms with Crippen LogP contribution in [0.2, 0.25) is 0 Å². The van der Waals surface area contributed by atoms with E-state index < -0.39 is 5.66 Å². The quantitative estimate of drug-likeness (QED) is 0.568. The molecule has 0 aliphatic rings. The minimum absolute atomic E-state index is 0.244. The second-order valence-electron chi connectivity index (χ2n) is 4.69. The molecule has 0 N–H and O–H groups in total. The molecule has 0 amide bonds. The average Bonchev–Trinajstić information content (AvgIpc) is 2.61. The first-order valence-electron chi connectivity index (χ1n) is 6.87. The third-order valence-corrected chi connectivity index (χ3v) is 4.17. The molecule has 0 saturated carbocycles. The number of benzene rings is 2. The highest BCUT2D eigenvalue weighted by molar-refractivity contribution is 7.26. The monoisotopic (exact) mass is 332 g/mol. The highest BCUT2D eigenvalue weighted by atomic mass is 31.1. The molecule has 0 radical (unpaired) electrons. The molecule has 2 rings (SSSR count). The number of carbonyl (C=O) groups is 1. The van der Waals surface area contributed by atoms with Crippen LogP contribution >= 0.6 is 8.46 Å². The van der Waals surface area contributed by atoms with Crippen LogP contribution < -0.4 is 14.2 Å². The molecule has 23 heavy (non-hydrogen) atoms. The third kappa shape index (κ3) is 3.51. The summed E-state index contributed by atoms with van der Waals surface area (Å²) in [6.45, 7) is 0. The normalized spacial score (nSPS) is 11.8. The summed E-state index contributed by atoms with van der Waals surface area (Å²) >= 11 is 0. The second kappa shape index (κ2) is 7.75. The zero-order valence-corrected chi connectivity index (χ0v) is 14.0. The molecule has 0 saturated heterocycles. The lowest BCUT2D eigenvalue weighted by Crippen LogP contribution is -2.11. The van der Waals surface area contributed by atoms with E-state index in [0.717, 1.165) is 0 Å². The summed E-state index contributed by atoms with van der Waals surface area (Å²) in [5.41, 5.74) is 0.0782. The Balaban J connectivity index is 2.55. The highest BCUT2D eigenvalue weighted by Crippen LogP contribution is 2.40. The lowest BCUT2D eigenvalue weighted by Gasteiger charge is -2.16. The minimum Gasteiger partial charge on any atom is -0.496 e. The van der Waals surface area contributed by atoms with Crippen molar-refractivity contribution in [3.63, 3.8) is 0 Å². The van der Waals surface area contributed by atoms with E-state index in [1.54, 1.807) is 36.4 Å². The van der Waals surface area contributed by atoms with Crippen molar-refractivity contribution in [2.75, 3.05) is 21.3 Å². The summed E-state index contributed by atoms with van der Waals surface area (Å²) < 4.78 is 27.4. The van der Waals surface area contributed by atoms with E-state index in [-0.39, 0.29) is 19.8 Å². The summed E-state index contributed by atoms with van der Waals surface area (Å²) in [5, 5.41) is 0. The second-order valence-corrected chi connectivity index (χ2v) is 5.42. The molecule has 120 valence electrons. The molecule has 0 aromatic heterocycles. The van der Waals surface area contributed by atoms with Crippen molar-refractivity contribution in [2.24, 2.45) is 0 Å². The molecule has 5 nitrogen and oxygen atoms in total. The van der Waals surface area contributed by atoms with Gasteiger partial charge in [-0.1, -0.05) is 30.3 Å². The van der Waals surface area contributed by atoms with Crippen LogP contribution in [-0.2, 0) is 4.57 Å². The van der Waals surface area contributed by atoms with Gasteiger partial charge in [-0.15, -0.1) is 0 Å². The van der Waals surface area contributed by atoms with Gasteiger partial charge in [0.15, 0.2) is 14.2 Å². The summed E-state index contributed by atoms with van der Waals surface area (Å²) in [5.74, 6) is 0.793. The Labute approximate surface area is 136 Å².